The van der Waals surface area contributed by atoms with Gasteiger partial charge in [0, 0.05) is 5.41 Å². The summed E-state index contributed by atoms with van der Waals surface area (Å²) in [5, 5.41) is 0.576. The van der Waals surface area contributed by atoms with Crippen LogP contribution in [0.25, 0.3) is 5.57 Å². The highest BCUT2D eigenvalue weighted by Gasteiger charge is 2.40. The van der Waals surface area contributed by atoms with Gasteiger partial charge in [-0.3, -0.25) is 0 Å². The van der Waals surface area contributed by atoms with Gasteiger partial charge >= 0.3 is 5.97 Å². The second-order valence-electron chi connectivity index (χ2n) is 7.13. The molecule has 5 heteroatoms. The zero-order valence-corrected chi connectivity index (χ0v) is 14.7. The average Bonchev–Trinajstić information content (AvgIpc) is 3.03. The maximum absolute atomic E-state index is 12.6. The Morgan fingerprint density at radius 3 is 2.62 bits per heavy atom. The highest BCUT2D eigenvalue weighted by atomic mass is 35.5. The molecule has 0 saturated carbocycles. The fraction of sp³-hybridized carbons (Fsp3) is 0.526. The quantitative estimate of drug-likeness (QED) is 0.783. The first-order valence-electron chi connectivity index (χ1n) is 8.57. The molecule has 1 aromatic carbocycles. The smallest absolute Gasteiger partial charge is 0.338 e. The number of piperidine rings is 3. The van der Waals surface area contributed by atoms with Crippen LogP contribution in [-0.4, -0.2) is 44.2 Å². The van der Waals surface area contributed by atoms with E-state index in [1.165, 1.54) is 0 Å². The van der Waals surface area contributed by atoms with E-state index in [4.69, 9.17) is 21.1 Å². The Bertz CT molecular complexity index is 691. The van der Waals surface area contributed by atoms with Gasteiger partial charge in [-0.05, 0) is 68.6 Å². The Morgan fingerprint density at radius 2 is 1.96 bits per heavy atom. The van der Waals surface area contributed by atoms with Crippen molar-refractivity contribution < 1.29 is 14.3 Å². The maximum atomic E-state index is 12.6. The molecular weight excluding hydrogens is 326 g/mol. The van der Waals surface area contributed by atoms with Gasteiger partial charge in [-0.15, -0.1) is 0 Å². The number of carbonyl (C=O) groups excluding carboxylic acids is 1. The van der Waals surface area contributed by atoms with Crippen LogP contribution >= 0.6 is 11.6 Å². The van der Waals surface area contributed by atoms with Gasteiger partial charge in [0.25, 0.3) is 0 Å². The minimum Gasteiger partial charge on any atom is -0.495 e. The van der Waals surface area contributed by atoms with Gasteiger partial charge in [-0.2, -0.15) is 0 Å². The summed E-state index contributed by atoms with van der Waals surface area (Å²) in [6.07, 6.45) is 6.06. The van der Waals surface area contributed by atoms with Crippen molar-refractivity contribution in [2.45, 2.75) is 25.7 Å². The van der Waals surface area contributed by atoms with E-state index in [2.05, 4.69) is 4.90 Å². The third-order valence-electron chi connectivity index (χ3n) is 5.80. The molecular formula is C19H22ClNO3. The standard InChI is InChI=1S/C19H22ClNO3/c1-23-17-11-15-13(10-16(17)20)2-3-14(15)18(22)24-12-19-4-7-21(8-5-19)9-6-19/h3,10-11H,2,4-9,12H2,1H3. The van der Waals surface area contributed by atoms with Crippen LogP contribution in [0.3, 0.4) is 0 Å². The van der Waals surface area contributed by atoms with Gasteiger partial charge < -0.3 is 14.4 Å². The fourth-order valence-electron chi connectivity index (χ4n) is 4.10. The molecule has 24 heavy (non-hydrogen) atoms. The fourth-order valence-corrected chi connectivity index (χ4v) is 4.36. The lowest BCUT2D eigenvalue weighted by atomic mass is 9.73. The molecule has 0 amide bonds. The molecule has 0 N–H and O–H groups in total. The second kappa shape index (κ2) is 6.08. The predicted molar refractivity (Wildman–Crippen MR) is 93.4 cm³/mol. The molecule has 4 nitrogen and oxygen atoms in total. The normalized spacial score (nSPS) is 27.6. The van der Waals surface area contributed by atoms with E-state index in [1.54, 1.807) is 7.11 Å². The van der Waals surface area contributed by atoms with Gasteiger partial charge in [-0.1, -0.05) is 17.7 Å². The molecule has 1 aliphatic carbocycles. The summed E-state index contributed by atoms with van der Waals surface area (Å²) in [6, 6.07) is 3.72. The van der Waals surface area contributed by atoms with Crippen LogP contribution in [0.15, 0.2) is 18.2 Å². The Labute approximate surface area is 147 Å². The first kappa shape index (κ1) is 16.0. The summed E-state index contributed by atoms with van der Waals surface area (Å²) in [5.74, 6) is 0.370. The molecule has 3 aliphatic heterocycles. The molecule has 3 fully saturated rings. The highest BCUT2D eigenvalue weighted by molar-refractivity contribution is 6.32. The summed E-state index contributed by atoms with van der Waals surface area (Å²) >= 11 is 6.17. The molecule has 3 saturated heterocycles. The molecule has 3 heterocycles. The van der Waals surface area contributed by atoms with Gasteiger partial charge in [0.15, 0.2) is 0 Å². The first-order valence-corrected chi connectivity index (χ1v) is 8.94. The van der Waals surface area contributed by atoms with Crippen LogP contribution in [0.5, 0.6) is 5.75 Å². The predicted octanol–water partition coefficient (Wildman–Crippen LogP) is 3.32. The summed E-state index contributed by atoms with van der Waals surface area (Å²) < 4.78 is 11.0. The minimum atomic E-state index is -0.222. The molecule has 0 spiro atoms. The number of halogens is 1. The summed E-state index contributed by atoms with van der Waals surface area (Å²) in [6.45, 7) is 3.95. The number of methoxy groups -OCH3 is 1. The molecule has 0 unspecified atom stereocenters. The number of carbonyl (C=O) groups is 1. The average molecular weight is 348 g/mol. The van der Waals surface area contributed by atoms with E-state index < -0.39 is 0 Å². The summed E-state index contributed by atoms with van der Waals surface area (Å²) in [7, 11) is 1.58. The Kier molecular flexibility index (Phi) is 4.05. The van der Waals surface area contributed by atoms with Crippen molar-refractivity contribution in [1.29, 1.82) is 0 Å². The highest BCUT2D eigenvalue weighted by Crippen LogP contribution is 2.41. The van der Waals surface area contributed by atoms with Crippen LogP contribution in [0, 0.1) is 5.41 Å². The summed E-state index contributed by atoms with van der Waals surface area (Å²) in [5.41, 5.74) is 2.78. The number of ether oxygens (including phenoxy) is 2. The lowest BCUT2D eigenvalue weighted by molar-refractivity contribution is -0.143. The van der Waals surface area contributed by atoms with Gasteiger partial charge in [0.1, 0.15) is 5.75 Å². The van der Waals surface area contributed by atoms with Gasteiger partial charge in [0.05, 0.1) is 24.3 Å². The zero-order chi connectivity index (χ0) is 16.7. The Hall–Kier alpha value is -1.52. The number of nitrogens with zero attached hydrogens (tertiary/aromatic N) is 1. The van der Waals surface area contributed by atoms with Crippen molar-refractivity contribution in [3.63, 3.8) is 0 Å². The lowest BCUT2D eigenvalue weighted by Crippen LogP contribution is -2.50. The van der Waals surface area contributed by atoms with Crippen molar-refractivity contribution in [2.75, 3.05) is 33.4 Å². The van der Waals surface area contributed by atoms with Crippen LogP contribution in [-0.2, 0) is 16.0 Å². The molecule has 128 valence electrons. The lowest BCUT2D eigenvalue weighted by Gasteiger charge is -2.47. The van der Waals surface area contributed by atoms with E-state index in [1.807, 2.05) is 18.2 Å². The molecule has 2 bridgehead atoms. The van der Waals surface area contributed by atoms with E-state index in [-0.39, 0.29) is 11.4 Å². The van der Waals surface area contributed by atoms with Crippen molar-refractivity contribution in [3.05, 3.63) is 34.4 Å². The largest absolute Gasteiger partial charge is 0.495 e. The van der Waals surface area contributed by atoms with Crippen molar-refractivity contribution in [3.8, 4) is 5.75 Å². The molecule has 5 rings (SSSR count). The molecule has 0 atom stereocenters. The van der Waals surface area contributed by atoms with Crippen molar-refractivity contribution in [1.82, 2.24) is 4.90 Å². The van der Waals surface area contributed by atoms with Gasteiger partial charge in [0.2, 0.25) is 0 Å². The maximum Gasteiger partial charge on any atom is 0.338 e. The van der Waals surface area contributed by atoms with Crippen molar-refractivity contribution >= 4 is 23.1 Å². The van der Waals surface area contributed by atoms with E-state index in [0.717, 1.165) is 50.0 Å². The third-order valence-corrected chi connectivity index (χ3v) is 6.09. The summed E-state index contributed by atoms with van der Waals surface area (Å²) in [4.78, 5) is 15.1. The van der Waals surface area contributed by atoms with Crippen LogP contribution < -0.4 is 4.74 Å². The number of hydrogen-bond acceptors (Lipinski definition) is 4. The molecule has 0 aromatic heterocycles. The number of fused-ring (bicyclic) bond motifs is 4. The minimum absolute atomic E-state index is 0.199. The number of hydrogen-bond donors (Lipinski definition) is 0. The Morgan fingerprint density at radius 1 is 1.25 bits per heavy atom. The molecule has 1 aromatic rings. The first-order chi connectivity index (χ1) is 11.6. The number of benzene rings is 1. The third kappa shape index (κ3) is 2.72. The number of allylic oxidation sites excluding steroid dienone is 1. The van der Waals surface area contributed by atoms with E-state index >= 15 is 0 Å². The SMILES string of the molecule is COc1cc2c(cc1Cl)CC=C2C(=O)OCC12CCN(CC1)CC2. The monoisotopic (exact) mass is 347 g/mol. The van der Waals surface area contributed by atoms with Crippen LogP contribution in [0.2, 0.25) is 5.02 Å². The second-order valence-corrected chi connectivity index (χ2v) is 7.54. The topological polar surface area (TPSA) is 38.8 Å². The van der Waals surface area contributed by atoms with E-state index in [0.29, 0.717) is 29.4 Å². The molecule has 0 radical (unpaired) electrons. The van der Waals surface area contributed by atoms with Crippen LogP contribution in [0.1, 0.15) is 30.4 Å². The van der Waals surface area contributed by atoms with Crippen LogP contribution in [0.4, 0.5) is 0 Å². The zero-order valence-electron chi connectivity index (χ0n) is 13.9. The Balaban J connectivity index is 1.47. The van der Waals surface area contributed by atoms with Crippen molar-refractivity contribution in [2.24, 2.45) is 5.41 Å². The number of rotatable bonds is 4. The molecule has 4 aliphatic rings. The number of esters is 1. The van der Waals surface area contributed by atoms with E-state index in [9.17, 15) is 4.79 Å². The van der Waals surface area contributed by atoms with Gasteiger partial charge in [-0.25, -0.2) is 4.79 Å².